The molecule has 0 aromatic carbocycles. The van der Waals surface area contributed by atoms with E-state index in [1.165, 1.54) is 5.56 Å². The summed E-state index contributed by atoms with van der Waals surface area (Å²) in [5.41, 5.74) is 3.56. The quantitative estimate of drug-likeness (QED) is 0.802. The summed E-state index contributed by atoms with van der Waals surface area (Å²) in [6.07, 6.45) is 2.21. The second kappa shape index (κ2) is 5.45. The number of hydrogen-bond acceptors (Lipinski definition) is 4. The summed E-state index contributed by atoms with van der Waals surface area (Å²) in [6.45, 7) is 9.70. The molecule has 0 spiro atoms. The molecule has 1 aromatic heterocycles. The van der Waals surface area contributed by atoms with Crippen LogP contribution in [0, 0.1) is 13.8 Å². The Morgan fingerprint density at radius 1 is 1.12 bits per heavy atom. The fourth-order valence-corrected chi connectivity index (χ4v) is 2.24. The molecule has 1 aromatic rings. The number of morpholine rings is 1. The van der Waals surface area contributed by atoms with E-state index in [1.54, 1.807) is 0 Å². The van der Waals surface area contributed by atoms with Gasteiger partial charge in [0.05, 0.1) is 13.2 Å². The molecule has 2 heterocycles. The van der Waals surface area contributed by atoms with E-state index in [0.29, 0.717) is 0 Å². The van der Waals surface area contributed by atoms with Crippen molar-refractivity contribution in [3.05, 3.63) is 17.0 Å². The van der Waals surface area contributed by atoms with E-state index in [1.807, 2.05) is 0 Å². The fraction of sp³-hybridized carbons (Fsp3) is 0.692. The number of ether oxygens (including phenoxy) is 1. The average Bonchev–Trinajstić information content (AvgIpc) is 2.35. The summed E-state index contributed by atoms with van der Waals surface area (Å²) in [5, 5.41) is 0. The molecule has 2 rings (SSSR count). The highest BCUT2D eigenvalue weighted by atomic mass is 16.5. The molecule has 0 amide bonds. The molecular weight excluding hydrogens is 214 g/mol. The predicted octanol–water partition coefficient (Wildman–Crippen LogP) is 1.88. The Kier molecular flexibility index (Phi) is 3.94. The van der Waals surface area contributed by atoms with Crippen LogP contribution in [0.4, 0.5) is 5.95 Å². The molecule has 4 nitrogen and oxygen atoms in total. The number of anilines is 1. The highest BCUT2D eigenvalue weighted by Crippen LogP contribution is 2.17. The van der Waals surface area contributed by atoms with Crippen LogP contribution in [0.1, 0.15) is 30.3 Å². The van der Waals surface area contributed by atoms with Crippen molar-refractivity contribution in [1.29, 1.82) is 0 Å². The standard InChI is InChI=1S/C13H21N3O/c1-4-5-12-10(2)14-13(15-11(12)3)16-6-8-17-9-7-16/h4-9H2,1-3H3. The molecule has 0 N–H and O–H groups in total. The van der Waals surface area contributed by atoms with Crippen molar-refractivity contribution in [2.75, 3.05) is 31.2 Å². The van der Waals surface area contributed by atoms with Crippen molar-refractivity contribution in [2.24, 2.45) is 0 Å². The third-order valence-corrected chi connectivity index (χ3v) is 3.20. The molecule has 0 saturated carbocycles. The predicted molar refractivity (Wildman–Crippen MR) is 68.5 cm³/mol. The lowest BCUT2D eigenvalue weighted by Crippen LogP contribution is -2.37. The van der Waals surface area contributed by atoms with Crippen LogP contribution in [0.25, 0.3) is 0 Å². The zero-order valence-corrected chi connectivity index (χ0v) is 11.0. The van der Waals surface area contributed by atoms with Crippen molar-refractivity contribution in [3.8, 4) is 0 Å². The van der Waals surface area contributed by atoms with Crippen LogP contribution in [0.15, 0.2) is 0 Å². The van der Waals surface area contributed by atoms with E-state index in [9.17, 15) is 0 Å². The van der Waals surface area contributed by atoms with Gasteiger partial charge in [-0.3, -0.25) is 0 Å². The van der Waals surface area contributed by atoms with E-state index < -0.39 is 0 Å². The van der Waals surface area contributed by atoms with Crippen molar-refractivity contribution >= 4 is 5.95 Å². The molecule has 0 aliphatic carbocycles. The van der Waals surface area contributed by atoms with Gasteiger partial charge in [0, 0.05) is 24.5 Å². The molecule has 1 aliphatic heterocycles. The minimum absolute atomic E-state index is 0.776. The number of aromatic nitrogens is 2. The smallest absolute Gasteiger partial charge is 0.225 e. The van der Waals surface area contributed by atoms with Crippen LogP contribution in [-0.4, -0.2) is 36.3 Å². The molecule has 0 bridgehead atoms. The van der Waals surface area contributed by atoms with Crippen LogP contribution in [-0.2, 0) is 11.2 Å². The minimum atomic E-state index is 0.776. The van der Waals surface area contributed by atoms with Crippen LogP contribution in [0.5, 0.6) is 0 Å². The maximum Gasteiger partial charge on any atom is 0.225 e. The van der Waals surface area contributed by atoms with Crippen LogP contribution >= 0.6 is 0 Å². The van der Waals surface area contributed by atoms with Gasteiger partial charge in [0.25, 0.3) is 0 Å². The Balaban J connectivity index is 2.24. The van der Waals surface area contributed by atoms with E-state index in [-0.39, 0.29) is 0 Å². The van der Waals surface area contributed by atoms with E-state index >= 15 is 0 Å². The molecule has 17 heavy (non-hydrogen) atoms. The van der Waals surface area contributed by atoms with E-state index in [0.717, 1.165) is 56.5 Å². The van der Waals surface area contributed by atoms with Gasteiger partial charge in [-0.25, -0.2) is 9.97 Å². The Labute approximate surface area is 103 Å². The third kappa shape index (κ3) is 2.75. The molecule has 1 aliphatic rings. The van der Waals surface area contributed by atoms with Gasteiger partial charge < -0.3 is 9.64 Å². The Bertz CT molecular complexity index is 363. The van der Waals surface area contributed by atoms with Crippen LogP contribution in [0.3, 0.4) is 0 Å². The van der Waals surface area contributed by atoms with Crippen LogP contribution < -0.4 is 4.90 Å². The largest absolute Gasteiger partial charge is 0.378 e. The molecule has 0 radical (unpaired) electrons. The summed E-state index contributed by atoms with van der Waals surface area (Å²) in [5.74, 6) is 0.864. The summed E-state index contributed by atoms with van der Waals surface area (Å²) >= 11 is 0. The average molecular weight is 235 g/mol. The lowest BCUT2D eigenvalue weighted by molar-refractivity contribution is 0.122. The Hall–Kier alpha value is -1.16. The number of hydrogen-bond donors (Lipinski definition) is 0. The normalized spacial score (nSPS) is 16.3. The maximum atomic E-state index is 5.35. The highest BCUT2D eigenvalue weighted by molar-refractivity contribution is 5.37. The second-order valence-electron chi connectivity index (χ2n) is 4.52. The number of rotatable bonds is 3. The minimum Gasteiger partial charge on any atom is -0.378 e. The monoisotopic (exact) mass is 235 g/mol. The topological polar surface area (TPSA) is 38.2 Å². The molecule has 94 valence electrons. The van der Waals surface area contributed by atoms with Gasteiger partial charge in [-0.15, -0.1) is 0 Å². The first kappa shape index (κ1) is 12.3. The van der Waals surface area contributed by atoms with Gasteiger partial charge in [0.1, 0.15) is 0 Å². The van der Waals surface area contributed by atoms with Crippen molar-refractivity contribution in [1.82, 2.24) is 9.97 Å². The zero-order chi connectivity index (χ0) is 12.3. The van der Waals surface area contributed by atoms with Crippen LogP contribution in [0.2, 0.25) is 0 Å². The third-order valence-electron chi connectivity index (χ3n) is 3.20. The molecule has 1 saturated heterocycles. The van der Waals surface area contributed by atoms with Gasteiger partial charge in [-0.2, -0.15) is 0 Å². The zero-order valence-electron chi connectivity index (χ0n) is 11.0. The van der Waals surface area contributed by atoms with Gasteiger partial charge in [-0.1, -0.05) is 13.3 Å². The maximum absolute atomic E-state index is 5.35. The fourth-order valence-electron chi connectivity index (χ4n) is 2.24. The Morgan fingerprint density at radius 2 is 1.71 bits per heavy atom. The molecule has 0 unspecified atom stereocenters. The van der Waals surface area contributed by atoms with Crippen molar-refractivity contribution in [3.63, 3.8) is 0 Å². The lowest BCUT2D eigenvalue weighted by Gasteiger charge is -2.27. The second-order valence-corrected chi connectivity index (χ2v) is 4.52. The first-order valence-electron chi connectivity index (χ1n) is 6.39. The SMILES string of the molecule is CCCc1c(C)nc(N2CCOCC2)nc1C. The van der Waals surface area contributed by atoms with Gasteiger partial charge in [0.15, 0.2) is 0 Å². The molecule has 0 atom stereocenters. The first-order valence-corrected chi connectivity index (χ1v) is 6.39. The molecule has 1 fully saturated rings. The number of aryl methyl sites for hydroxylation is 2. The van der Waals surface area contributed by atoms with Gasteiger partial charge >= 0.3 is 0 Å². The van der Waals surface area contributed by atoms with Crippen molar-refractivity contribution < 1.29 is 4.74 Å². The van der Waals surface area contributed by atoms with Gasteiger partial charge in [0.2, 0.25) is 5.95 Å². The Morgan fingerprint density at radius 3 is 2.24 bits per heavy atom. The van der Waals surface area contributed by atoms with Gasteiger partial charge in [-0.05, 0) is 25.8 Å². The number of nitrogens with zero attached hydrogens (tertiary/aromatic N) is 3. The van der Waals surface area contributed by atoms with Crippen molar-refractivity contribution in [2.45, 2.75) is 33.6 Å². The summed E-state index contributed by atoms with van der Waals surface area (Å²) in [6, 6.07) is 0. The summed E-state index contributed by atoms with van der Waals surface area (Å²) < 4.78 is 5.35. The molecular formula is C13H21N3O. The lowest BCUT2D eigenvalue weighted by atomic mass is 10.1. The van der Waals surface area contributed by atoms with E-state index in [4.69, 9.17) is 4.74 Å². The first-order chi connectivity index (χ1) is 8.22. The molecule has 4 heteroatoms. The van der Waals surface area contributed by atoms with E-state index in [2.05, 4.69) is 35.6 Å². The highest BCUT2D eigenvalue weighted by Gasteiger charge is 2.16. The summed E-state index contributed by atoms with van der Waals surface area (Å²) in [4.78, 5) is 11.5. The summed E-state index contributed by atoms with van der Waals surface area (Å²) in [7, 11) is 0.